The van der Waals surface area contributed by atoms with E-state index in [2.05, 4.69) is 20.6 Å². The highest BCUT2D eigenvalue weighted by molar-refractivity contribution is 7.12. The number of amides is 1. The zero-order chi connectivity index (χ0) is 19.9. The van der Waals surface area contributed by atoms with Gasteiger partial charge in [0.1, 0.15) is 5.65 Å². The fourth-order valence-electron chi connectivity index (χ4n) is 2.79. The van der Waals surface area contributed by atoms with E-state index in [1.807, 2.05) is 60.1 Å². The van der Waals surface area contributed by atoms with Gasteiger partial charge in [-0.1, -0.05) is 30.3 Å². The molecule has 1 amide bonds. The fourth-order valence-corrected chi connectivity index (χ4v) is 3.49. The van der Waals surface area contributed by atoms with Gasteiger partial charge in [0, 0.05) is 24.3 Å². The molecule has 0 aliphatic rings. The van der Waals surface area contributed by atoms with Crippen LogP contribution in [0.5, 0.6) is 5.06 Å². The third kappa shape index (κ3) is 4.92. The summed E-state index contributed by atoms with van der Waals surface area (Å²) in [6, 6.07) is 15.6. The Balaban J connectivity index is 1.26. The van der Waals surface area contributed by atoms with Crippen molar-refractivity contribution in [2.24, 2.45) is 0 Å². The van der Waals surface area contributed by atoms with E-state index in [0.717, 1.165) is 28.0 Å². The van der Waals surface area contributed by atoms with Gasteiger partial charge in [-0.3, -0.25) is 0 Å². The molecular formula is C21H20N4O3S. The molecule has 0 radical (unpaired) electrons. The normalized spacial score (nSPS) is 10.8. The van der Waals surface area contributed by atoms with Gasteiger partial charge in [0.05, 0.1) is 24.6 Å². The van der Waals surface area contributed by atoms with Gasteiger partial charge in [0.15, 0.2) is 0 Å². The molecule has 1 aromatic carbocycles. The van der Waals surface area contributed by atoms with Crippen molar-refractivity contribution in [1.82, 2.24) is 15.3 Å². The topological polar surface area (TPSA) is 88.3 Å². The number of H-pyrrole nitrogens is 1. The van der Waals surface area contributed by atoms with Crippen molar-refractivity contribution in [2.45, 2.75) is 6.61 Å². The lowest BCUT2D eigenvalue weighted by molar-refractivity contribution is 0.121. The van der Waals surface area contributed by atoms with Crippen LogP contribution in [0, 0.1) is 0 Å². The fraction of sp³-hybridized carbons (Fsp3) is 0.143. The van der Waals surface area contributed by atoms with Crippen LogP contribution in [0.15, 0.2) is 66.3 Å². The first-order valence-electron chi connectivity index (χ1n) is 9.13. The van der Waals surface area contributed by atoms with Crippen molar-refractivity contribution in [1.29, 1.82) is 0 Å². The van der Waals surface area contributed by atoms with Gasteiger partial charge >= 0.3 is 6.09 Å². The standard InChI is InChI=1S/C21H20N4O3S/c26-21(24-11-12-27-14-15-4-2-1-3-5-15)28-20-18(8-13-29-20)25-17-7-10-23-19-16(17)6-9-22-19/h1-10,13H,11-12,14H2,(H,24,26)(H2,22,23,25). The van der Waals surface area contributed by atoms with Crippen LogP contribution in [0.3, 0.4) is 0 Å². The number of fused-ring (bicyclic) bond motifs is 1. The predicted octanol–water partition coefficient (Wildman–Crippen LogP) is 4.67. The Hall–Kier alpha value is -3.36. The molecule has 0 saturated heterocycles. The van der Waals surface area contributed by atoms with Gasteiger partial charge in [-0.05, 0) is 29.1 Å². The average molecular weight is 408 g/mol. The molecule has 7 nitrogen and oxygen atoms in total. The second-order valence-corrected chi connectivity index (χ2v) is 7.08. The summed E-state index contributed by atoms with van der Waals surface area (Å²) in [7, 11) is 0. The van der Waals surface area contributed by atoms with Crippen LogP contribution < -0.4 is 15.4 Å². The molecule has 8 heteroatoms. The molecule has 0 atom stereocenters. The monoisotopic (exact) mass is 408 g/mol. The summed E-state index contributed by atoms with van der Waals surface area (Å²) >= 11 is 1.35. The highest BCUT2D eigenvalue weighted by atomic mass is 32.1. The summed E-state index contributed by atoms with van der Waals surface area (Å²) in [6.07, 6.45) is 3.04. The molecule has 0 fully saturated rings. The van der Waals surface area contributed by atoms with Crippen molar-refractivity contribution >= 4 is 39.8 Å². The lowest BCUT2D eigenvalue weighted by Crippen LogP contribution is -2.29. The maximum atomic E-state index is 12.1. The Kier molecular flexibility index (Phi) is 6.04. The summed E-state index contributed by atoms with van der Waals surface area (Å²) in [6.45, 7) is 1.28. The second kappa shape index (κ2) is 9.22. The largest absolute Gasteiger partial charge is 0.413 e. The Morgan fingerprint density at radius 1 is 1.10 bits per heavy atom. The molecule has 3 aromatic heterocycles. The number of carbonyl (C=O) groups excluding carboxylic acids is 1. The maximum absolute atomic E-state index is 12.1. The van der Waals surface area contributed by atoms with Crippen LogP contribution in [0.4, 0.5) is 16.2 Å². The summed E-state index contributed by atoms with van der Waals surface area (Å²) < 4.78 is 11.0. The number of aromatic amines is 1. The van der Waals surface area contributed by atoms with Crippen LogP contribution in [0.2, 0.25) is 0 Å². The summed E-state index contributed by atoms with van der Waals surface area (Å²) in [4.78, 5) is 19.4. The first-order chi connectivity index (χ1) is 14.3. The Labute approximate surface area is 171 Å². The number of aromatic nitrogens is 2. The molecule has 0 aliphatic carbocycles. The number of nitrogens with one attached hydrogen (secondary N) is 3. The van der Waals surface area contributed by atoms with E-state index < -0.39 is 6.09 Å². The Morgan fingerprint density at radius 2 is 2.00 bits per heavy atom. The minimum absolute atomic E-state index is 0.369. The molecule has 0 unspecified atom stereocenters. The van der Waals surface area contributed by atoms with E-state index in [1.165, 1.54) is 11.3 Å². The molecule has 29 heavy (non-hydrogen) atoms. The number of rotatable bonds is 8. The average Bonchev–Trinajstić information content (AvgIpc) is 3.39. The molecule has 3 N–H and O–H groups in total. The molecule has 4 aromatic rings. The van der Waals surface area contributed by atoms with Gasteiger partial charge in [-0.15, -0.1) is 11.3 Å². The van der Waals surface area contributed by atoms with Gasteiger partial charge in [0.25, 0.3) is 0 Å². The number of carbonyl (C=O) groups is 1. The van der Waals surface area contributed by atoms with Crippen molar-refractivity contribution in [3.05, 3.63) is 71.9 Å². The number of benzene rings is 1. The number of thiophene rings is 1. The SMILES string of the molecule is O=C(NCCOCc1ccccc1)Oc1sccc1Nc1ccnc2[nH]ccc12. The van der Waals surface area contributed by atoms with Crippen LogP contribution in [-0.4, -0.2) is 29.2 Å². The summed E-state index contributed by atoms with van der Waals surface area (Å²) in [5.41, 5.74) is 3.49. The summed E-state index contributed by atoms with van der Waals surface area (Å²) in [5, 5.41) is 9.32. The smallest absolute Gasteiger partial charge is 0.397 e. The van der Waals surface area contributed by atoms with Gasteiger partial charge in [-0.25, -0.2) is 9.78 Å². The van der Waals surface area contributed by atoms with Crippen LogP contribution >= 0.6 is 11.3 Å². The van der Waals surface area contributed by atoms with E-state index >= 15 is 0 Å². The molecular weight excluding hydrogens is 388 g/mol. The lowest BCUT2D eigenvalue weighted by atomic mass is 10.2. The predicted molar refractivity (Wildman–Crippen MR) is 114 cm³/mol. The Morgan fingerprint density at radius 3 is 2.90 bits per heavy atom. The number of anilines is 2. The second-order valence-electron chi connectivity index (χ2n) is 6.20. The molecule has 0 aliphatic heterocycles. The van der Waals surface area contributed by atoms with Crippen molar-refractivity contribution in [2.75, 3.05) is 18.5 Å². The van der Waals surface area contributed by atoms with Gasteiger partial charge < -0.3 is 25.1 Å². The number of hydrogen-bond donors (Lipinski definition) is 3. The molecule has 0 saturated carbocycles. The Bertz CT molecular complexity index is 1080. The third-order valence-electron chi connectivity index (χ3n) is 4.17. The number of nitrogens with zero attached hydrogens (tertiary/aromatic N) is 1. The molecule has 4 rings (SSSR count). The van der Waals surface area contributed by atoms with E-state index in [9.17, 15) is 4.79 Å². The zero-order valence-electron chi connectivity index (χ0n) is 15.6. The quantitative estimate of drug-likeness (QED) is 0.369. The van der Waals surface area contributed by atoms with Crippen molar-refractivity contribution < 1.29 is 14.3 Å². The highest BCUT2D eigenvalue weighted by Crippen LogP contribution is 2.35. The first kappa shape index (κ1) is 19.0. The van der Waals surface area contributed by atoms with E-state index in [4.69, 9.17) is 9.47 Å². The number of ether oxygens (including phenoxy) is 2. The zero-order valence-corrected chi connectivity index (χ0v) is 16.4. The van der Waals surface area contributed by atoms with E-state index in [0.29, 0.717) is 24.8 Å². The van der Waals surface area contributed by atoms with Gasteiger partial charge in [-0.2, -0.15) is 0 Å². The molecule has 0 spiro atoms. The van der Waals surface area contributed by atoms with Gasteiger partial charge in [0.2, 0.25) is 5.06 Å². The minimum atomic E-state index is -0.514. The third-order valence-corrected chi connectivity index (χ3v) is 4.96. The lowest BCUT2D eigenvalue weighted by Gasteiger charge is -2.10. The highest BCUT2D eigenvalue weighted by Gasteiger charge is 2.12. The number of pyridine rings is 1. The summed E-state index contributed by atoms with van der Waals surface area (Å²) in [5.74, 6) is 0. The van der Waals surface area contributed by atoms with Crippen LogP contribution in [0.1, 0.15) is 5.56 Å². The van der Waals surface area contributed by atoms with Crippen molar-refractivity contribution in [3.8, 4) is 5.06 Å². The maximum Gasteiger partial charge on any atom is 0.413 e. The van der Waals surface area contributed by atoms with E-state index in [1.54, 1.807) is 6.20 Å². The first-order valence-corrected chi connectivity index (χ1v) is 10.0. The van der Waals surface area contributed by atoms with Crippen molar-refractivity contribution in [3.63, 3.8) is 0 Å². The molecule has 148 valence electrons. The van der Waals surface area contributed by atoms with Crippen LogP contribution in [0.25, 0.3) is 11.0 Å². The molecule has 0 bridgehead atoms. The molecule has 3 heterocycles. The van der Waals surface area contributed by atoms with Crippen LogP contribution in [-0.2, 0) is 11.3 Å². The minimum Gasteiger partial charge on any atom is -0.397 e. The van der Waals surface area contributed by atoms with E-state index in [-0.39, 0.29) is 0 Å². The number of hydrogen-bond acceptors (Lipinski definition) is 6.